The summed E-state index contributed by atoms with van der Waals surface area (Å²) in [5, 5.41) is 0.519. The smallest absolute Gasteiger partial charge is 0.330 e. The average Bonchev–Trinajstić information content (AvgIpc) is 2.79. The van der Waals surface area contributed by atoms with Crippen molar-refractivity contribution in [2.75, 3.05) is 0 Å². The van der Waals surface area contributed by atoms with Crippen LogP contribution in [-0.2, 0) is 24.0 Å². The zero-order valence-corrected chi connectivity index (χ0v) is 8.60. The van der Waals surface area contributed by atoms with E-state index in [2.05, 4.69) is 0 Å². The predicted octanol–water partition coefficient (Wildman–Crippen LogP) is -0.0372. The molecule has 1 atom stereocenters. The second kappa shape index (κ2) is 4.03. The number of carbonyl (C=O) groups is 4. The van der Waals surface area contributed by atoms with Crippen LogP contribution < -0.4 is 0 Å². The molecule has 1 unspecified atom stereocenters. The molecule has 1 saturated heterocycles. The number of hydrogen-bond donors (Lipinski definition) is 0. The van der Waals surface area contributed by atoms with Crippen molar-refractivity contribution in [1.82, 2.24) is 5.06 Å². The maximum atomic E-state index is 11.5. The van der Waals surface area contributed by atoms with Crippen molar-refractivity contribution < 1.29 is 24.0 Å². The summed E-state index contributed by atoms with van der Waals surface area (Å²) in [6.07, 6.45) is 1.11. The summed E-state index contributed by atoms with van der Waals surface area (Å²) in [5.74, 6) is -2.14. The zero-order valence-electron chi connectivity index (χ0n) is 8.60. The monoisotopic (exact) mass is 225 g/mol. The molecule has 2 fully saturated rings. The van der Waals surface area contributed by atoms with E-state index in [0.717, 1.165) is 0 Å². The van der Waals surface area contributed by atoms with Gasteiger partial charge >= 0.3 is 5.97 Å². The van der Waals surface area contributed by atoms with Gasteiger partial charge in [-0.25, -0.2) is 4.79 Å². The lowest BCUT2D eigenvalue weighted by Gasteiger charge is -2.14. The summed E-state index contributed by atoms with van der Waals surface area (Å²) in [6, 6.07) is 0. The number of hydroxylamine groups is 2. The molecule has 0 aromatic rings. The van der Waals surface area contributed by atoms with Crippen LogP contribution in [0, 0.1) is 5.92 Å². The topological polar surface area (TPSA) is 80.8 Å². The SMILES string of the molecule is O=C1CCC(C(=O)ON2C(=O)CCC2=O)C1. The van der Waals surface area contributed by atoms with Gasteiger partial charge in [-0.1, -0.05) is 0 Å². The molecule has 1 aliphatic heterocycles. The molecule has 1 aliphatic carbocycles. The second-order valence-electron chi connectivity index (χ2n) is 3.97. The van der Waals surface area contributed by atoms with Gasteiger partial charge in [0.25, 0.3) is 11.8 Å². The molecule has 2 rings (SSSR count). The van der Waals surface area contributed by atoms with Gasteiger partial charge in [-0.15, -0.1) is 5.06 Å². The van der Waals surface area contributed by atoms with Crippen molar-refractivity contribution in [3.8, 4) is 0 Å². The van der Waals surface area contributed by atoms with Gasteiger partial charge in [0.1, 0.15) is 5.78 Å². The molecular formula is C10H11NO5. The highest BCUT2D eigenvalue weighted by molar-refractivity contribution is 6.01. The van der Waals surface area contributed by atoms with Crippen molar-refractivity contribution in [3.63, 3.8) is 0 Å². The van der Waals surface area contributed by atoms with E-state index in [-0.39, 0.29) is 25.0 Å². The molecule has 6 heteroatoms. The first-order valence-corrected chi connectivity index (χ1v) is 5.17. The Labute approximate surface area is 91.5 Å². The molecule has 0 bridgehead atoms. The zero-order chi connectivity index (χ0) is 11.7. The fourth-order valence-electron chi connectivity index (χ4n) is 1.84. The molecule has 86 valence electrons. The van der Waals surface area contributed by atoms with Crippen LogP contribution in [0.3, 0.4) is 0 Å². The number of imide groups is 1. The van der Waals surface area contributed by atoms with Crippen LogP contribution in [0.15, 0.2) is 0 Å². The molecule has 2 aliphatic rings. The van der Waals surface area contributed by atoms with Crippen molar-refractivity contribution in [2.45, 2.75) is 32.1 Å². The minimum absolute atomic E-state index is 0.0148. The van der Waals surface area contributed by atoms with Crippen molar-refractivity contribution in [2.24, 2.45) is 5.92 Å². The molecule has 6 nitrogen and oxygen atoms in total. The lowest BCUT2D eigenvalue weighted by atomic mass is 10.1. The number of hydrogen-bond acceptors (Lipinski definition) is 5. The summed E-state index contributed by atoms with van der Waals surface area (Å²) in [6.45, 7) is 0. The Hall–Kier alpha value is -1.72. The number of nitrogens with zero attached hydrogens (tertiary/aromatic N) is 1. The van der Waals surface area contributed by atoms with Crippen LogP contribution in [0.25, 0.3) is 0 Å². The van der Waals surface area contributed by atoms with E-state index < -0.39 is 23.7 Å². The first-order valence-electron chi connectivity index (χ1n) is 5.17. The van der Waals surface area contributed by atoms with E-state index >= 15 is 0 Å². The van der Waals surface area contributed by atoms with E-state index in [1.54, 1.807) is 0 Å². The van der Waals surface area contributed by atoms with Crippen LogP contribution in [0.1, 0.15) is 32.1 Å². The van der Waals surface area contributed by atoms with Crippen molar-refractivity contribution in [1.29, 1.82) is 0 Å². The number of carbonyl (C=O) groups excluding carboxylic acids is 4. The molecule has 1 saturated carbocycles. The maximum Gasteiger partial charge on any atom is 0.336 e. The van der Waals surface area contributed by atoms with Crippen LogP contribution in [0.4, 0.5) is 0 Å². The van der Waals surface area contributed by atoms with Crippen LogP contribution in [0.5, 0.6) is 0 Å². The first kappa shape index (κ1) is 10.8. The standard InChI is InChI=1S/C10H11NO5/c12-7-2-1-6(5-7)10(15)16-11-8(13)3-4-9(11)14/h6H,1-5H2. The number of amides is 2. The van der Waals surface area contributed by atoms with Gasteiger partial charge < -0.3 is 4.84 Å². The Morgan fingerprint density at radius 3 is 2.25 bits per heavy atom. The minimum atomic E-state index is -0.658. The Bertz CT molecular complexity index is 359. The van der Waals surface area contributed by atoms with Gasteiger partial charge in [-0.3, -0.25) is 14.4 Å². The van der Waals surface area contributed by atoms with E-state index in [1.807, 2.05) is 0 Å². The van der Waals surface area contributed by atoms with E-state index in [9.17, 15) is 19.2 Å². The summed E-state index contributed by atoms with van der Waals surface area (Å²) >= 11 is 0. The van der Waals surface area contributed by atoms with Gasteiger partial charge in [-0.05, 0) is 6.42 Å². The van der Waals surface area contributed by atoms with Crippen LogP contribution in [-0.4, -0.2) is 28.6 Å². The normalized spacial score (nSPS) is 25.4. The summed E-state index contributed by atoms with van der Waals surface area (Å²) < 4.78 is 0. The maximum absolute atomic E-state index is 11.5. The van der Waals surface area contributed by atoms with Gasteiger partial charge in [0.2, 0.25) is 0 Å². The Kier molecular flexibility index (Phi) is 2.72. The molecular weight excluding hydrogens is 214 g/mol. The highest BCUT2D eigenvalue weighted by Crippen LogP contribution is 2.24. The third-order valence-electron chi connectivity index (χ3n) is 2.77. The van der Waals surface area contributed by atoms with E-state index in [0.29, 0.717) is 17.9 Å². The van der Waals surface area contributed by atoms with Gasteiger partial charge in [0.15, 0.2) is 0 Å². The third kappa shape index (κ3) is 1.95. The number of rotatable bonds is 2. The fourth-order valence-corrected chi connectivity index (χ4v) is 1.84. The predicted molar refractivity (Wildman–Crippen MR) is 49.5 cm³/mol. The highest BCUT2D eigenvalue weighted by atomic mass is 16.7. The molecule has 0 N–H and O–H groups in total. The molecule has 16 heavy (non-hydrogen) atoms. The third-order valence-corrected chi connectivity index (χ3v) is 2.77. The number of ketones is 1. The largest absolute Gasteiger partial charge is 0.336 e. The molecule has 2 amide bonds. The van der Waals surface area contributed by atoms with Gasteiger partial charge in [0.05, 0.1) is 5.92 Å². The summed E-state index contributed by atoms with van der Waals surface area (Å²) in [7, 11) is 0. The van der Waals surface area contributed by atoms with Gasteiger partial charge in [0, 0.05) is 25.7 Å². The van der Waals surface area contributed by atoms with Crippen molar-refractivity contribution >= 4 is 23.6 Å². The van der Waals surface area contributed by atoms with Crippen molar-refractivity contribution in [3.05, 3.63) is 0 Å². The van der Waals surface area contributed by atoms with Gasteiger partial charge in [-0.2, -0.15) is 0 Å². The Balaban J connectivity index is 1.94. The highest BCUT2D eigenvalue weighted by Gasteiger charge is 2.36. The lowest BCUT2D eigenvalue weighted by molar-refractivity contribution is -0.200. The summed E-state index contributed by atoms with van der Waals surface area (Å²) in [5.41, 5.74) is 0. The molecule has 1 heterocycles. The van der Waals surface area contributed by atoms with E-state index in [4.69, 9.17) is 4.84 Å². The minimum Gasteiger partial charge on any atom is -0.330 e. The molecule has 0 aromatic heterocycles. The average molecular weight is 225 g/mol. The van der Waals surface area contributed by atoms with E-state index in [1.165, 1.54) is 0 Å². The molecule has 0 aromatic carbocycles. The second-order valence-corrected chi connectivity index (χ2v) is 3.97. The Morgan fingerprint density at radius 1 is 1.12 bits per heavy atom. The quantitative estimate of drug-likeness (QED) is 0.616. The number of Topliss-reactive ketones (excluding diaryl/α,β-unsaturated/α-hetero) is 1. The Morgan fingerprint density at radius 2 is 1.75 bits per heavy atom. The first-order chi connectivity index (χ1) is 7.58. The fraction of sp³-hybridized carbons (Fsp3) is 0.600. The van der Waals surface area contributed by atoms with Crippen LogP contribution >= 0.6 is 0 Å². The van der Waals surface area contributed by atoms with Crippen LogP contribution in [0.2, 0.25) is 0 Å². The molecule has 0 spiro atoms. The lowest BCUT2D eigenvalue weighted by Crippen LogP contribution is -2.34. The summed E-state index contributed by atoms with van der Waals surface area (Å²) in [4.78, 5) is 49.5. The molecule has 0 radical (unpaired) electrons.